The predicted molar refractivity (Wildman–Crippen MR) is 125 cm³/mol. The molecule has 7 nitrogen and oxygen atoms in total. The first kappa shape index (κ1) is 19.8. The monoisotopic (exact) mass is 441 g/mol. The molecule has 0 aliphatic rings. The number of ether oxygens (including phenoxy) is 2. The van der Waals surface area contributed by atoms with Crippen LogP contribution in [0.2, 0.25) is 0 Å². The Labute approximate surface area is 188 Å². The Kier molecular flexibility index (Phi) is 5.27. The maximum absolute atomic E-state index is 6.38. The van der Waals surface area contributed by atoms with Crippen molar-refractivity contribution >= 4 is 17.2 Å². The lowest BCUT2D eigenvalue weighted by atomic mass is 10.1. The third-order valence-corrected chi connectivity index (χ3v) is 5.70. The molecule has 5 aromatic rings. The van der Waals surface area contributed by atoms with Gasteiger partial charge in [0, 0.05) is 10.9 Å². The number of nitrogens with two attached hydrogens (primary N) is 1. The van der Waals surface area contributed by atoms with Crippen molar-refractivity contribution in [2.24, 2.45) is 0 Å². The van der Waals surface area contributed by atoms with Crippen LogP contribution in [0.25, 0.3) is 27.6 Å². The smallest absolute Gasteiger partial charge is 0.165 e. The minimum Gasteiger partial charge on any atom is -0.496 e. The number of anilines is 1. The number of nitrogens with zero attached hydrogens (tertiary/aromatic N) is 4. The van der Waals surface area contributed by atoms with Gasteiger partial charge >= 0.3 is 0 Å². The highest BCUT2D eigenvalue weighted by Crippen LogP contribution is 2.35. The molecule has 2 N–H and O–H groups in total. The van der Waals surface area contributed by atoms with E-state index in [1.807, 2.05) is 84.2 Å². The lowest BCUT2D eigenvalue weighted by molar-refractivity contribution is 0.416. The molecule has 0 aliphatic carbocycles. The van der Waals surface area contributed by atoms with Crippen LogP contribution < -0.4 is 15.2 Å². The number of para-hydroxylation sites is 2. The first-order valence-electron chi connectivity index (χ1n) is 9.87. The summed E-state index contributed by atoms with van der Waals surface area (Å²) in [5.41, 5.74) is 9.42. The topological polar surface area (TPSA) is 88.1 Å². The van der Waals surface area contributed by atoms with Crippen LogP contribution in [-0.2, 0) is 0 Å². The number of rotatable bonds is 6. The number of nitrogen functional groups attached to an aromatic ring is 1. The molecule has 0 fully saturated rings. The molecule has 8 heteroatoms. The molecule has 32 heavy (non-hydrogen) atoms. The standard InChI is InChI=1S/C24H19N5O2S/c1-30-21-10-6-5-9-19(21)20-15-32-24(26-20)22-23(25)29(28-27-22)16-11-13-18(14-12-16)31-17-7-3-2-4-8-17/h2-15H,25H2,1H3. The van der Waals surface area contributed by atoms with Crippen molar-refractivity contribution in [3.8, 4) is 44.9 Å². The van der Waals surface area contributed by atoms with Crippen molar-refractivity contribution in [3.05, 3.63) is 84.2 Å². The summed E-state index contributed by atoms with van der Waals surface area (Å²) in [6.45, 7) is 0. The van der Waals surface area contributed by atoms with Crippen LogP contribution in [-0.4, -0.2) is 27.1 Å². The third-order valence-electron chi connectivity index (χ3n) is 4.85. The Bertz CT molecular complexity index is 1350. The molecule has 0 radical (unpaired) electrons. The van der Waals surface area contributed by atoms with Gasteiger partial charge in [-0.3, -0.25) is 0 Å². The van der Waals surface area contributed by atoms with E-state index < -0.39 is 0 Å². The van der Waals surface area contributed by atoms with E-state index in [-0.39, 0.29) is 0 Å². The Hall–Kier alpha value is -4.17. The van der Waals surface area contributed by atoms with Crippen LogP contribution >= 0.6 is 11.3 Å². The molecule has 2 aromatic heterocycles. The highest BCUT2D eigenvalue weighted by molar-refractivity contribution is 7.13. The molecule has 0 spiro atoms. The van der Waals surface area contributed by atoms with Crippen LogP contribution in [0.4, 0.5) is 5.82 Å². The largest absolute Gasteiger partial charge is 0.496 e. The lowest BCUT2D eigenvalue weighted by Gasteiger charge is -2.07. The Morgan fingerprint density at radius 1 is 0.875 bits per heavy atom. The van der Waals surface area contributed by atoms with Gasteiger partial charge in [-0.2, -0.15) is 4.68 Å². The Morgan fingerprint density at radius 2 is 1.59 bits per heavy atom. The molecule has 5 rings (SSSR count). The highest BCUT2D eigenvalue weighted by Gasteiger charge is 2.18. The SMILES string of the molecule is COc1ccccc1-c1csc(-c2nnn(-c3ccc(Oc4ccccc4)cc3)c2N)n1. The van der Waals surface area contributed by atoms with E-state index in [1.54, 1.807) is 11.8 Å². The second-order valence-electron chi connectivity index (χ2n) is 6.88. The fraction of sp³-hybridized carbons (Fsp3) is 0.0417. The molecule has 3 aromatic carbocycles. The van der Waals surface area contributed by atoms with E-state index in [0.29, 0.717) is 16.5 Å². The first-order chi connectivity index (χ1) is 15.7. The van der Waals surface area contributed by atoms with Gasteiger partial charge in [-0.25, -0.2) is 4.98 Å². The van der Waals surface area contributed by atoms with Crippen molar-refractivity contribution in [3.63, 3.8) is 0 Å². The summed E-state index contributed by atoms with van der Waals surface area (Å²) < 4.78 is 12.9. The zero-order chi connectivity index (χ0) is 21.9. The van der Waals surface area contributed by atoms with Crippen LogP contribution in [0.1, 0.15) is 0 Å². The summed E-state index contributed by atoms with van der Waals surface area (Å²) in [4.78, 5) is 4.71. The minimum absolute atomic E-state index is 0.419. The fourth-order valence-electron chi connectivity index (χ4n) is 3.27. The van der Waals surface area contributed by atoms with E-state index in [1.165, 1.54) is 11.3 Å². The number of thiazole rings is 1. The number of hydrogen-bond acceptors (Lipinski definition) is 7. The Morgan fingerprint density at radius 3 is 2.38 bits per heavy atom. The molecule has 0 unspecified atom stereocenters. The van der Waals surface area contributed by atoms with Crippen molar-refractivity contribution in [1.82, 2.24) is 20.0 Å². The van der Waals surface area contributed by atoms with Gasteiger partial charge in [-0.15, -0.1) is 16.4 Å². The Balaban J connectivity index is 1.40. The zero-order valence-corrected chi connectivity index (χ0v) is 18.0. The van der Waals surface area contributed by atoms with E-state index in [9.17, 15) is 0 Å². The third kappa shape index (κ3) is 3.79. The second-order valence-corrected chi connectivity index (χ2v) is 7.74. The summed E-state index contributed by atoms with van der Waals surface area (Å²) in [5, 5.41) is 11.2. The average Bonchev–Trinajstić information content (AvgIpc) is 3.47. The van der Waals surface area contributed by atoms with E-state index in [2.05, 4.69) is 10.3 Å². The van der Waals surface area contributed by atoms with E-state index in [0.717, 1.165) is 34.2 Å². The van der Waals surface area contributed by atoms with Crippen LogP contribution in [0.15, 0.2) is 84.2 Å². The maximum atomic E-state index is 6.38. The quantitative estimate of drug-likeness (QED) is 0.377. The molecule has 0 saturated heterocycles. The zero-order valence-electron chi connectivity index (χ0n) is 17.2. The van der Waals surface area contributed by atoms with Gasteiger partial charge < -0.3 is 15.2 Å². The van der Waals surface area contributed by atoms with Gasteiger partial charge in [-0.05, 0) is 48.5 Å². The number of benzene rings is 3. The van der Waals surface area contributed by atoms with Crippen molar-refractivity contribution in [2.75, 3.05) is 12.8 Å². The number of methoxy groups -OCH3 is 1. The molecule has 0 atom stereocenters. The van der Waals surface area contributed by atoms with Crippen LogP contribution in [0, 0.1) is 0 Å². The number of aromatic nitrogens is 4. The van der Waals surface area contributed by atoms with Crippen molar-refractivity contribution < 1.29 is 9.47 Å². The van der Waals surface area contributed by atoms with Gasteiger partial charge in [0.2, 0.25) is 0 Å². The highest BCUT2D eigenvalue weighted by atomic mass is 32.1. The molecule has 0 aliphatic heterocycles. The predicted octanol–water partition coefficient (Wildman–Crippen LogP) is 5.44. The van der Waals surface area contributed by atoms with E-state index >= 15 is 0 Å². The van der Waals surface area contributed by atoms with Gasteiger partial charge in [-0.1, -0.05) is 35.5 Å². The average molecular weight is 442 g/mol. The molecular formula is C24H19N5O2S. The lowest BCUT2D eigenvalue weighted by Crippen LogP contribution is -2.02. The summed E-state index contributed by atoms with van der Waals surface area (Å²) in [6.07, 6.45) is 0. The normalized spacial score (nSPS) is 10.8. The molecule has 0 bridgehead atoms. The number of hydrogen-bond donors (Lipinski definition) is 1. The minimum atomic E-state index is 0.419. The molecule has 0 amide bonds. The molecule has 0 saturated carbocycles. The van der Waals surface area contributed by atoms with Crippen molar-refractivity contribution in [1.29, 1.82) is 0 Å². The van der Waals surface area contributed by atoms with Gasteiger partial charge in [0.1, 0.15) is 22.3 Å². The molecular weight excluding hydrogens is 422 g/mol. The van der Waals surface area contributed by atoms with Gasteiger partial charge in [0.05, 0.1) is 18.5 Å². The van der Waals surface area contributed by atoms with E-state index in [4.69, 9.17) is 20.2 Å². The summed E-state index contributed by atoms with van der Waals surface area (Å²) in [7, 11) is 1.64. The summed E-state index contributed by atoms with van der Waals surface area (Å²) >= 11 is 1.46. The fourth-order valence-corrected chi connectivity index (χ4v) is 4.09. The molecule has 158 valence electrons. The molecule has 2 heterocycles. The summed E-state index contributed by atoms with van der Waals surface area (Å²) in [5.74, 6) is 2.68. The van der Waals surface area contributed by atoms with Gasteiger partial charge in [0.25, 0.3) is 0 Å². The van der Waals surface area contributed by atoms with Crippen LogP contribution in [0.3, 0.4) is 0 Å². The first-order valence-corrected chi connectivity index (χ1v) is 10.7. The summed E-state index contributed by atoms with van der Waals surface area (Å²) in [6, 6.07) is 24.9. The van der Waals surface area contributed by atoms with Gasteiger partial charge in [0.15, 0.2) is 11.5 Å². The maximum Gasteiger partial charge on any atom is 0.165 e. The van der Waals surface area contributed by atoms with Crippen molar-refractivity contribution in [2.45, 2.75) is 0 Å². The second kappa shape index (κ2) is 8.52. The van der Waals surface area contributed by atoms with Crippen LogP contribution in [0.5, 0.6) is 17.2 Å².